The van der Waals surface area contributed by atoms with E-state index in [1.807, 2.05) is 13.8 Å². The van der Waals surface area contributed by atoms with E-state index >= 15 is 0 Å². The zero-order valence-electron chi connectivity index (χ0n) is 12.1. The van der Waals surface area contributed by atoms with Gasteiger partial charge in [-0.05, 0) is 38.1 Å². The Balaban J connectivity index is 2.13. The molecule has 0 bridgehead atoms. The molecule has 19 heavy (non-hydrogen) atoms. The van der Waals surface area contributed by atoms with Gasteiger partial charge >= 0.3 is 0 Å². The van der Waals surface area contributed by atoms with E-state index in [4.69, 9.17) is 5.73 Å². The molecule has 0 saturated heterocycles. The first kappa shape index (κ1) is 16.0. The lowest BCUT2D eigenvalue weighted by molar-refractivity contribution is -0.127. The summed E-state index contributed by atoms with van der Waals surface area (Å²) < 4.78 is 0. The molecule has 0 radical (unpaired) electrons. The van der Waals surface area contributed by atoms with Gasteiger partial charge in [-0.25, -0.2) is 0 Å². The van der Waals surface area contributed by atoms with Crippen LogP contribution < -0.4 is 16.4 Å². The number of amides is 2. The highest BCUT2D eigenvalue weighted by molar-refractivity contribution is 5.79. The number of hydrogen-bond donors (Lipinski definition) is 3. The molecule has 1 rings (SSSR count). The van der Waals surface area contributed by atoms with Crippen molar-refractivity contribution < 1.29 is 9.59 Å². The van der Waals surface area contributed by atoms with Gasteiger partial charge in [0.1, 0.15) is 0 Å². The van der Waals surface area contributed by atoms with E-state index in [1.165, 1.54) is 0 Å². The van der Waals surface area contributed by atoms with Gasteiger partial charge in [0.05, 0.1) is 0 Å². The monoisotopic (exact) mass is 269 g/mol. The molecule has 0 aromatic carbocycles. The molecule has 5 heteroatoms. The molecule has 0 heterocycles. The Morgan fingerprint density at radius 3 is 2.21 bits per heavy atom. The number of nitrogens with two attached hydrogens (primary N) is 1. The van der Waals surface area contributed by atoms with Crippen LogP contribution in [0.2, 0.25) is 0 Å². The van der Waals surface area contributed by atoms with Gasteiger partial charge in [0.15, 0.2) is 0 Å². The summed E-state index contributed by atoms with van der Waals surface area (Å²) in [5.74, 6) is 0.854. The number of nitrogens with one attached hydrogen (secondary N) is 2. The van der Waals surface area contributed by atoms with Gasteiger partial charge in [-0.15, -0.1) is 0 Å². The predicted octanol–water partition coefficient (Wildman–Crippen LogP) is 0.640. The van der Waals surface area contributed by atoms with Gasteiger partial charge < -0.3 is 16.4 Å². The molecule has 0 aliphatic heterocycles. The largest absolute Gasteiger partial charge is 0.354 e. The molecular formula is C14H27N3O2. The highest BCUT2D eigenvalue weighted by Crippen LogP contribution is 2.27. The second kappa shape index (κ2) is 8.15. The smallest absolute Gasteiger partial charge is 0.223 e. The lowest BCUT2D eigenvalue weighted by Crippen LogP contribution is -2.39. The molecule has 110 valence electrons. The number of rotatable bonds is 6. The molecule has 4 N–H and O–H groups in total. The van der Waals surface area contributed by atoms with E-state index in [0.29, 0.717) is 19.0 Å². The first-order chi connectivity index (χ1) is 9.04. The Kier molecular flexibility index (Phi) is 6.84. The van der Waals surface area contributed by atoms with Crippen molar-refractivity contribution in [1.82, 2.24) is 10.6 Å². The van der Waals surface area contributed by atoms with Crippen molar-refractivity contribution in [2.24, 2.45) is 23.5 Å². The number of carbonyl (C=O) groups is 2. The summed E-state index contributed by atoms with van der Waals surface area (Å²) in [6, 6.07) is 0. The Morgan fingerprint density at radius 2 is 1.68 bits per heavy atom. The lowest BCUT2D eigenvalue weighted by Gasteiger charge is -2.26. The van der Waals surface area contributed by atoms with Crippen LogP contribution in [0.5, 0.6) is 0 Å². The fourth-order valence-electron chi connectivity index (χ4n) is 2.38. The summed E-state index contributed by atoms with van der Waals surface area (Å²) in [6.07, 6.45) is 3.98. The normalized spacial score (nSPS) is 23.2. The molecule has 1 aliphatic carbocycles. The third-order valence-electron chi connectivity index (χ3n) is 3.80. The molecule has 1 fully saturated rings. The molecule has 1 saturated carbocycles. The van der Waals surface area contributed by atoms with Crippen LogP contribution in [0.15, 0.2) is 0 Å². The highest BCUT2D eigenvalue weighted by Gasteiger charge is 2.25. The van der Waals surface area contributed by atoms with E-state index in [9.17, 15) is 9.59 Å². The van der Waals surface area contributed by atoms with Crippen LogP contribution in [0, 0.1) is 17.8 Å². The first-order valence-corrected chi connectivity index (χ1v) is 7.30. The van der Waals surface area contributed by atoms with Gasteiger partial charge in [-0.3, -0.25) is 9.59 Å². The minimum absolute atomic E-state index is 0.0118. The van der Waals surface area contributed by atoms with E-state index in [1.54, 1.807) is 0 Å². The molecular weight excluding hydrogens is 242 g/mol. The molecule has 0 unspecified atom stereocenters. The van der Waals surface area contributed by atoms with Gasteiger partial charge in [-0.2, -0.15) is 0 Å². The van der Waals surface area contributed by atoms with Crippen LogP contribution in [0.3, 0.4) is 0 Å². The van der Waals surface area contributed by atoms with Crippen LogP contribution in [0.4, 0.5) is 0 Å². The summed E-state index contributed by atoms with van der Waals surface area (Å²) in [7, 11) is 0. The Hall–Kier alpha value is -1.10. The maximum atomic E-state index is 11.9. The fourth-order valence-corrected chi connectivity index (χ4v) is 2.38. The van der Waals surface area contributed by atoms with Crippen LogP contribution in [0.1, 0.15) is 39.5 Å². The third-order valence-corrected chi connectivity index (χ3v) is 3.80. The van der Waals surface area contributed by atoms with Crippen molar-refractivity contribution in [2.45, 2.75) is 39.5 Å². The average Bonchev–Trinajstić information content (AvgIpc) is 2.43. The maximum Gasteiger partial charge on any atom is 0.223 e. The minimum atomic E-state index is -0.0118. The van der Waals surface area contributed by atoms with E-state index < -0.39 is 0 Å². The Labute approximate surface area is 115 Å². The highest BCUT2D eigenvalue weighted by atomic mass is 16.2. The lowest BCUT2D eigenvalue weighted by atomic mass is 9.81. The summed E-state index contributed by atoms with van der Waals surface area (Å²) >= 11 is 0. The maximum absolute atomic E-state index is 11.9. The second-order valence-corrected chi connectivity index (χ2v) is 5.69. The van der Waals surface area contributed by atoms with E-state index in [0.717, 1.165) is 32.2 Å². The van der Waals surface area contributed by atoms with Crippen molar-refractivity contribution in [2.75, 3.05) is 19.6 Å². The zero-order valence-corrected chi connectivity index (χ0v) is 12.1. The van der Waals surface area contributed by atoms with E-state index in [2.05, 4.69) is 10.6 Å². The Bertz CT molecular complexity index is 297. The third kappa shape index (κ3) is 5.59. The predicted molar refractivity (Wildman–Crippen MR) is 75.4 cm³/mol. The Morgan fingerprint density at radius 1 is 1.11 bits per heavy atom. The first-order valence-electron chi connectivity index (χ1n) is 7.30. The summed E-state index contributed by atoms with van der Waals surface area (Å²) in [4.78, 5) is 23.2. The molecule has 0 aromatic rings. The molecule has 5 nitrogen and oxygen atoms in total. The van der Waals surface area contributed by atoms with Gasteiger partial charge in [0, 0.05) is 24.9 Å². The molecule has 2 amide bonds. The number of carbonyl (C=O) groups excluding carboxylic acids is 2. The van der Waals surface area contributed by atoms with Crippen molar-refractivity contribution in [1.29, 1.82) is 0 Å². The fraction of sp³-hybridized carbons (Fsp3) is 0.857. The molecule has 1 aliphatic rings. The van der Waals surface area contributed by atoms with Crippen LogP contribution in [-0.2, 0) is 9.59 Å². The topological polar surface area (TPSA) is 84.2 Å². The van der Waals surface area contributed by atoms with Crippen molar-refractivity contribution in [3.63, 3.8) is 0 Å². The van der Waals surface area contributed by atoms with Gasteiger partial charge in [0.25, 0.3) is 0 Å². The minimum Gasteiger partial charge on any atom is -0.354 e. The average molecular weight is 269 g/mol. The molecule has 0 spiro atoms. The summed E-state index contributed by atoms with van der Waals surface area (Å²) in [6.45, 7) is 5.44. The van der Waals surface area contributed by atoms with Crippen LogP contribution >= 0.6 is 0 Å². The van der Waals surface area contributed by atoms with E-state index in [-0.39, 0.29) is 23.7 Å². The van der Waals surface area contributed by atoms with Crippen molar-refractivity contribution >= 4 is 11.8 Å². The summed E-state index contributed by atoms with van der Waals surface area (Å²) in [5.41, 5.74) is 5.63. The second-order valence-electron chi connectivity index (χ2n) is 5.69. The quantitative estimate of drug-likeness (QED) is 0.619. The van der Waals surface area contributed by atoms with Crippen LogP contribution in [-0.4, -0.2) is 31.4 Å². The number of hydrogen-bond acceptors (Lipinski definition) is 3. The summed E-state index contributed by atoms with van der Waals surface area (Å²) in [5, 5.41) is 5.68. The molecule has 0 aromatic heterocycles. The van der Waals surface area contributed by atoms with Crippen LogP contribution in [0.25, 0.3) is 0 Å². The van der Waals surface area contributed by atoms with Crippen molar-refractivity contribution in [3.8, 4) is 0 Å². The van der Waals surface area contributed by atoms with Gasteiger partial charge in [-0.1, -0.05) is 13.8 Å². The van der Waals surface area contributed by atoms with Crippen molar-refractivity contribution in [3.05, 3.63) is 0 Å². The standard InChI is InChI=1S/C14H27N3O2/c1-10(2)13(18)16-7-8-17-14(19)12-5-3-11(9-15)4-6-12/h10-12H,3-9,15H2,1-2H3,(H,16,18)(H,17,19). The SMILES string of the molecule is CC(C)C(=O)NCCNC(=O)C1CCC(CN)CC1. The zero-order chi connectivity index (χ0) is 14.3. The molecule has 0 atom stereocenters. The van der Waals surface area contributed by atoms with Gasteiger partial charge in [0.2, 0.25) is 11.8 Å².